The zero-order chi connectivity index (χ0) is 25.1. The van der Waals surface area contributed by atoms with E-state index in [0.29, 0.717) is 23.7 Å². The van der Waals surface area contributed by atoms with E-state index in [4.69, 9.17) is 19.7 Å². The van der Waals surface area contributed by atoms with Gasteiger partial charge in [-0.3, -0.25) is 9.80 Å². The number of thioether (sulfide) groups is 2. The Balaban J connectivity index is 2.16. The Labute approximate surface area is 217 Å². The molecule has 1 fully saturated rings. The predicted octanol–water partition coefficient (Wildman–Crippen LogP) is 5.04. The molecule has 196 valence electrons. The van der Waals surface area contributed by atoms with Crippen LogP contribution >= 0.6 is 23.5 Å². The van der Waals surface area contributed by atoms with E-state index < -0.39 is 0 Å². The van der Waals surface area contributed by atoms with E-state index in [2.05, 4.69) is 70.1 Å². The number of morpholine rings is 1. The summed E-state index contributed by atoms with van der Waals surface area (Å²) in [6.07, 6.45) is 0. The highest BCUT2D eigenvalue weighted by molar-refractivity contribution is 7.99. The smallest absolute Gasteiger partial charge is 0.230 e. The van der Waals surface area contributed by atoms with Crippen molar-refractivity contribution in [3.05, 3.63) is 0 Å². The molecule has 2 heterocycles. The molecule has 0 aromatic carbocycles. The summed E-state index contributed by atoms with van der Waals surface area (Å²) in [6.45, 7) is 25.7. The van der Waals surface area contributed by atoms with Gasteiger partial charge in [0, 0.05) is 39.3 Å². The number of rotatable bonds is 15. The molecule has 1 aromatic heterocycles. The summed E-state index contributed by atoms with van der Waals surface area (Å²) >= 11 is 3.48. The lowest BCUT2D eigenvalue weighted by atomic mass is 10.1. The first-order chi connectivity index (χ1) is 16.1. The molecule has 0 aliphatic carbocycles. The van der Waals surface area contributed by atoms with Crippen LogP contribution < -0.4 is 4.90 Å². The highest BCUT2D eigenvalue weighted by atomic mass is 32.2. The van der Waals surface area contributed by atoms with Crippen molar-refractivity contribution in [2.75, 3.05) is 69.1 Å². The Bertz CT molecular complexity index is 632. The molecule has 2 rings (SSSR count). The molecule has 1 aromatic rings. The molecule has 1 aliphatic rings. The van der Waals surface area contributed by atoms with Gasteiger partial charge in [0.2, 0.25) is 5.95 Å². The maximum absolute atomic E-state index is 5.55. The minimum atomic E-state index is 0.639. The van der Waals surface area contributed by atoms with Crippen LogP contribution in [-0.2, 0) is 4.74 Å². The topological polar surface area (TPSA) is 57.6 Å². The summed E-state index contributed by atoms with van der Waals surface area (Å²) in [5.41, 5.74) is 0. The fourth-order valence-electron chi connectivity index (χ4n) is 4.09. The molecule has 0 radical (unpaired) electrons. The van der Waals surface area contributed by atoms with Crippen molar-refractivity contribution in [1.29, 1.82) is 0 Å². The highest BCUT2D eigenvalue weighted by Crippen LogP contribution is 2.24. The quantitative estimate of drug-likeness (QED) is 0.238. The minimum Gasteiger partial charge on any atom is -0.378 e. The van der Waals surface area contributed by atoms with E-state index in [1.807, 2.05) is 0 Å². The largest absolute Gasteiger partial charge is 0.378 e. The van der Waals surface area contributed by atoms with E-state index in [0.717, 1.165) is 80.5 Å². The molecule has 0 saturated carbocycles. The van der Waals surface area contributed by atoms with Crippen LogP contribution in [0.2, 0.25) is 0 Å². The lowest BCUT2D eigenvalue weighted by Gasteiger charge is -2.28. The molecule has 0 amide bonds. The first-order valence-electron chi connectivity index (χ1n) is 12.9. The number of hydrogen-bond donors (Lipinski definition) is 0. The molecule has 0 spiro atoms. The van der Waals surface area contributed by atoms with Gasteiger partial charge in [-0.05, 0) is 23.7 Å². The molecular formula is C25H48N6OS2. The summed E-state index contributed by atoms with van der Waals surface area (Å²) < 4.78 is 5.55. The Kier molecular flexibility index (Phi) is 13.5. The predicted molar refractivity (Wildman–Crippen MR) is 147 cm³/mol. The summed E-state index contributed by atoms with van der Waals surface area (Å²) in [6, 6.07) is 0. The van der Waals surface area contributed by atoms with Crippen molar-refractivity contribution in [2.45, 2.75) is 65.7 Å². The fourth-order valence-corrected chi connectivity index (χ4v) is 5.76. The first kappa shape index (κ1) is 29.6. The van der Waals surface area contributed by atoms with Gasteiger partial charge in [-0.25, -0.2) is 0 Å². The van der Waals surface area contributed by atoms with Gasteiger partial charge in [0.05, 0.1) is 25.0 Å². The van der Waals surface area contributed by atoms with Gasteiger partial charge in [0.25, 0.3) is 0 Å². The lowest BCUT2D eigenvalue weighted by molar-refractivity contribution is 0.122. The highest BCUT2D eigenvalue weighted by Gasteiger charge is 2.19. The molecule has 7 nitrogen and oxygen atoms in total. The maximum atomic E-state index is 5.55. The van der Waals surface area contributed by atoms with Crippen LogP contribution in [-0.4, -0.2) is 89.0 Å². The fraction of sp³-hybridized carbons (Fsp3) is 0.880. The summed E-state index contributed by atoms with van der Waals surface area (Å²) in [5.74, 6) is 5.16. The van der Waals surface area contributed by atoms with Crippen LogP contribution in [0.5, 0.6) is 0 Å². The molecule has 9 heteroatoms. The molecule has 34 heavy (non-hydrogen) atoms. The third-order valence-corrected chi connectivity index (χ3v) is 6.99. The van der Waals surface area contributed by atoms with E-state index in [1.165, 1.54) is 0 Å². The summed E-state index contributed by atoms with van der Waals surface area (Å²) in [4.78, 5) is 21.9. The van der Waals surface area contributed by atoms with Gasteiger partial charge in [0.15, 0.2) is 10.3 Å². The Morgan fingerprint density at radius 1 is 0.676 bits per heavy atom. The van der Waals surface area contributed by atoms with Crippen LogP contribution in [0.1, 0.15) is 55.4 Å². The van der Waals surface area contributed by atoms with Crippen molar-refractivity contribution < 1.29 is 4.74 Å². The number of hydrogen-bond acceptors (Lipinski definition) is 9. The van der Waals surface area contributed by atoms with Crippen LogP contribution in [0.4, 0.5) is 5.95 Å². The van der Waals surface area contributed by atoms with Gasteiger partial charge in [0.1, 0.15) is 0 Å². The van der Waals surface area contributed by atoms with E-state index in [1.54, 1.807) is 23.5 Å². The van der Waals surface area contributed by atoms with Gasteiger partial charge < -0.3 is 9.64 Å². The van der Waals surface area contributed by atoms with Crippen molar-refractivity contribution in [3.8, 4) is 0 Å². The monoisotopic (exact) mass is 512 g/mol. The van der Waals surface area contributed by atoms with Crippen molar-refractivity contribution in [1.82, 2.24) is 24.8 Å². The van der Waals surface area contributed by atoms with E-state index >= 15 is 0 Å². The van der Waals surface area contributed by atoms with Crippen LogP contribution in [0.15, 0.2) is 10.3 Å². The summed E-state index contributed by atoms with van der Waals surface area (Å²) in [7, 11) is 0. The van der Waals surface area contributed by atoms with Gasteiger partial charge in [-0.2, -0.15) is 15.0 Å². The summed E-state index contributed by atoms with van der Waals surface area (Å²) in [5, 5.41) is 1.66. The van der Waals surface area contributed by atoms with Crippen LogP contribution in [0.3, 0.4) is 0 Å². The maximum Gasteiger partial charge on any atom is 0.230 e. The van der Waals surface area contributed by atoms with Gasteiger partial charge in [-0.15, -0.1) is 0 Å². The van der Waals surface area contributed by atoms with Crippen LogP contribution in [0, 0.1) is 23.7 Å². The lowest BCUT2D eigenvalue weighted by Crippen LogP contribution is -2.37. The Morgan fingerprint density at radius 2 is 1.06 bits per heavy atom. The van der Waals surface area contributed by atoms with E-state index in [9.17, 15) is 0 Å². The zero-order valence-electron chi connectivity index (χ0n) is 22.8. The average molecular weight is 513 g/mol. The minimum absolute atomic E-state index is 0.639. The molecule has 0 atom stereocenters. The SMILES string of the molecule is CC(C)CN(CSc1nc(SCN(CC(C)C)CC(C)C)nc(N2CCOCC2)n1)CC(C)C. The Hall–Kier alpha value is -0.610. The van der Waals surface area contributed by atoms with E-state index in [-0.39, 0.29) is 0 Å². The molecular weight excluding hydrogens is 464 g/mol. The molecule has 0 N–H and O–H groups in total. The van der Waals surface area contributed by atoms with Crippen molar-refractivity contribution in [3.63, 3.8) is 0 Å². The molecule has 1 saturated heterocycles. The normalized spacial score (nSPS) is 15.2. The molecule has 0 unspecified atom stereocenters. The number of aromatic nitrogens is 3. The average Bonchev–Trinajstić information content (AvgIpc) is 2.75. The standard InChI is InChI=1S/C25H48N6OS2/c1-19(2)13-29(14-20(3)4)17-33-24-26-23(31-9-11-32-12-10-31)27-25(28-24)34-18-30(15-21(5)6)16-22(7)8/h19-22H,9-18H2,1-8H3. The third kappa shape index (κ3) is 11.9. The number of anilines is 1. The Morgan fingerprint density at radius 3 is 1.41 bits per heavy atom. The van der Waals surface area contributed by atoms with Crippen molar-refractivity contribution in [2.24, 2.45) is 23.7 Å². The number of nitrogens with zero attached hydrogens (tertiary/aromatic N) is 6. The second-order valence-corrected chi connectivity index (χ2v) is 12.8. The van der Waals surface area contributed by atoms with Gasteiger partial charge in [-0.1, -0.05) is 78.9 Å². The second kappa shape index (κ2) is 15.5. The first-order valence-corrected chi connectivity index (χ1v) is 14.9. The van der Waals surface area contributed by atoms with Crippen LogP contribution in [0.25, 0.3) is 0 Å². The van der Waals surface area contributed by atoms with Crippen molar-refractivity contribution >= 4 is 29.5 Å². The third-order valence-electron chi connectivity index (χ3n) is 5.12. The number of ether oxygens (including phenoxy) is 1. The zero-order valence-corrected chi connectivity index (χ0v) is 24.4. The molecule has 0 bridgehead atoms. The second-order valence-electron chi connectivity index (χ2n) is 11.0. The molecule has 1 aliphatic heterocycles. The van der Waals surface area contributed by atoms with Gasteiger partial charge >= 0.3 is 0 Å².